The number of nitrogens with zero attached hydrogens (tertiary/aromatic N) is 3. The van der Waals surface area contributed by atoms with Crippen molar-refractivity contribution in [2.75, 3.05) is 5.75 Å². The monoisotopic (exact) mass is 525 g/mol. The number of amides is 1. The van der Waals surface area contributed by atoms with Crippen molar-refractivity contribution in [2.24, 2.45) is 4.99 Å². The van der Waals surface area contributed by atoms with Crippen molar-refractivity contribution in [3.05, 3.63) is 68.7 Å². The van der Waals surface area contributed by atoms with Crippen LogP contribution in [0.3, 0.4) is 0 Å². The number of carbonyl (C=O) groups is 1. The summed E-state index contributed by atoms with van der Waals surface area (Å²) in [5.74, 6) is 0.582. The van der Waals surface area contributed by atoms with Gasteiger partial charge in [0.2, 0.25) is 0 Å². The molecule has 1 aliphatic heterocycles. The van der Waals surface area contributed by atoms with E-state index in [9.17, 15) is 18.0 Å². The number of benzene rings is 2. The number of hydrogen-bond acceptors (Lipinski definition) is 4. The number of aliphatic imine (C=N–C) groups is 1. The van der Waals surface area contributed by atoms with E-state index in [1.54, 1.807) is 29.1 Å². The largest absolute Gasteiger partial charge is 0.416 e. The number of fused-ring (bicyclic) bond motifs is 1. The highest BCUT2D eigenvalue weighted by molar-refractivity contribution is 9.10. The minimum absolute atomic E-state index is 0.00810. The molecule has 0 unspecified atom stereocenters. The first-order valence-corrected chi connectivity index (χ1v) is 11.8. The summed E-state index contributed by atoms with van der Waals surface area (Å²) in [6.45, 7) is 1.99. The van der Waals surface area contributed by atoms with E-state index in [0.29, 0.717) is 14.9 Å². The number of carbonyl (C=O) groups excluding carboxylic acids is 1. The van der Waals surface area contributed by atoms with Gasteiger partial charge < -0.3 is 0 Å². The van der Waals surface area contributed by atoms with Crippen molar-refractivity contribution in [3.63, 3.8) is 0 Å². The molecule has 4 nitrogen and oxygen atoms in total. The molecule has 0 saturated heterocycles. The Bertz CT molecular complexity index is 1230. The molecule has 0 atom stereocenters. The first-order chi connectivity index (χ1) is 14.7. The lowest BCUT2D eigenvalue weighted by molar-refractivity contribution is -0.138. The van der Waals surface area contributed by atoms with E-state index < -0.39 is 11.7 Å². The van der Waals surface area contributed by atoms with Crippen molar-refractivity contribution >= 4 is 66.7 Å². The smallest absolute Gasteiger partial charge is 0.266 e. The number of thioether (sulfide) groups is 2. The van der Waals surface area contributed by atoms with Crippen molar-refractivity contribution in [1.82, 2.24) is 9.78 Å². The second kappa shape index (κ2) is 8.84. The summed E-state index contributed by atoms with van der Waals surface area (Å²) in [5, 5.41) is 5.06. The number of aromatic nitrogens is 2. The standard InChI is InChI=1S/C21H15BrF3N3OS2/c1-2-30-20-27-19(29)18(31-20)8-12-3-6-17-14(7-12)10-26-28(17)11-13-4-5-15(22)9-16(13)21(23,24)25/h3-10H,2,11H2,1H3. The molecule has 3 aromatic rings. The van der Waals surface area contributed by atoms with Crippen LogP contribution in [0.1, 0.15) is 23.6 Å². The molecule has 160 valence electrons. The van der Waals surface area contributed by atoms with Crippen LogP contribution < -0.4 is 0 Å². The fraction of sp³-hybridized carbons (Fsp3) is 0.190. The highest BCUT2D eigenvalue weighted by Gasteiger charge is 2.33. The third kappa shape index (κ3) is 4.91. The maximum atomic E-state index is 13.4. The molecular weight excluding hydrogens is 511 g/mol. The Morgan fingerprint density at radius 3 is 2.77 bits per heavy atom. The van der Waals surface area contributed by atoms with E-state index >= 15 is 0 Å². The van der Waals surface area contributed by atoms with Gasteiger partial charge in [0, 0.05) is 9.86 Å². The van der Waals surface area contributed by atoms with Gasteiger partial charge in [-0.2, -0.15) is 23.3 Å². The molecule has 0 saturated carbocycles. The quantitative estimate of drug-likeness (QED) is 0.360. The second-order valence-corrected chi connectivity index (χ2v) is 10.1. The van der Waals surface area contributed by atoms with Crippen molar-refractivity contribution < 1.29 is 18.0 Å². The van der Waals surface area contributed by atoms with Crippen LogP contribution in [0.25, 0.3) is 17.0 Å². The van der Waals surface area contributed by atoms with E-state index in [2.05, 4.69) is 26.0 Å². The molecule has 4 rings (SSSR count). The highest BCUT2D eigenvalue weighted by Crippen LogP contribution is 2.35. The lowest BCUT2D eigenvalue weighted by Gasteiger charge is -2.14. The minimum atomic E-state index is -4.45. The van der Waals surface area contributed by atoms with Gasteiger partial charge in [-0.1, -0.05) is 58.5 Å². The highest BCUT2D eigenvalue weighted by atomic mass is 79.9. The molecule has 31 heavy (non-hydrogen) atoms. The molecule has 0 fully saturated rings. The van der Waals surface area contributed by atoms with Crippen LogP contribution in [0, 0.1) is 0 Å². The van der Waals surface area contributed by atoms with Crippen molar-refractivity contribution in [3.8, 4) is 0 Å². The summed E-state index contributed by atoms with van der Waals surface area (Å²) < 4.78 is 42.9. The Balaban J connectivity index is 1.61. The van der Waals surface area contributed by atoms with Crippen LogP contribution in [0.4, 0.5) is 13.2 Å². The zero-order valence-corrected chi connectivity index (χ0v) is 19.3. The summed E-state index contributed by atoms with van der Waals surface area (Å²) in [7, 11) is 0. The molecule has 0 spiro atoms. The maximum Gasteiger partial charge on any atom is 0.416 e. The van der Waals surface area contributed by atoms with E-state index in [4.69, 9.17) is 0 Å². The van der Waals surface area contributed by atoms with Crippen LogP contribution in [-0.4, -0.2) is 25.8 Å². The van der Waals surface area contributed by atoms with Crippen LogP contribution in [0.5, 0.6) is 0 Å². The average molecular weight is 526 g/mol. The molecule has 1 aliphatic rings. The van der Waals surface area contributed by atoms with Gasteiger partial charge in [-0.3, -0.25) is 9.48 Å². The molecule has 1 aromatic heterocycles. The Morgan fingerprint density at radius 1 is 1.23 bits per heavy atom. The lowest BCUT2D eigenvalue weighted by Crippen LogP contribution is -2.12. The molecule has 10 heteroatoms. The fourth-order valence-electron chi connectivity index (χ4n) is 3.16. The third-order valence-electron chi connectivity index (χ3n) is 4.53. The van der Waals surface area contributed by atoms with E-state index in [1.807, 2.05) is 19.1 Å². The molecule has 0 N–H and O–H groups in total. The van der Waals surface area contributed by atoms with Gasteiger partial charge in [0.05, 0.1) is 28.7 Å². The SMILES string of the molecule is CCSC1=NC(=O)C(=Cc2ccc3c(cnn3Cc3ccc(Br)cc3C(F)(F)F)c2)S1. The average Bonchev–Trinajstić information content (AvgIpc) is 3.25. The first kappa shape index (κ1) is 22.2. The van der Waals surface area contributed by atoms with E-state index in [1.165, 1.54) is 29.6 Å². The second-order valence-electron chi connectivity index (χ2n) is 6.65. The molecule has 0 bridgehead atoms. The molecule has 2 aromatic carbocycles. The summed E-state index contributed by atoms with van der Waals surface area (Å²) in [6, 6.07) is 9.59. The normalized spacial score (nSPS) is 15.8. The molecule has 0 aliphatic carbocycles. The Morgan fingerprint density at radius 2 is 2.03 bits per heavy atom. The van der Waals surface area contributed by atoms with Crippen molar-refractivity contribution in [2.45, 2.75) is 19.6 Å². The van der Waals surface area contributed by atoms with Gasteiger partial charge in [0.25, 0.3) is 5.91 Å². The number of halogens is 4. The minimum Gasteiger partial charge on any atom is -0.266 e. The predicted molar refractivity (Wildman–Crippen MR) is 124 cm³/mol. The summed E-state index contributed by atoms with van der Waals surface area (Å²) >= 11 is 5.97. The first-order valence-electron chi connectivity index (χ1n) is 9.21. The van der Waals surface area contributed by atoms with Gasteiger partial charge in [0.1, 0.15) is 4.38 Å². The topological polar surface area (TPSA) is 47.2 Å². The van der Waals surface area contributed by atoms with Gasteiger partial charge in [-0.25, -0.2) is 0 Å². The molecule has 2 heterocycles. The molecule has 1 amide bonds. The summed E-state index contributed by atoms with van der Waals surface area (Å²) in [5.41, 5.74) is 0.963. The van der Waals surface area contributed by atoms with Crippen molar-refractivity contribution in [1.29, 1.82) is 0 Å². The molecule has 0 radical (unpaired) electrons. The molecular formula is C21H15BrF3N3OS2. The number of alkyl halides is 3. The maximum absolute atomic E-state index is 13.4. The van der Waals surface area contributed by atoms with E-state index in [0.717, 1.165) is 27.1 Å². The zero-order chi connectivity index (χ0) is 22.2. The van der Waals surface area contributed by atoms with Gasteiger partial charge >= 0.3 is 6.18 Å². The Labute approximate surface area is 193 Å². The third-order valence-corrected chi connectivity index (χ3v) is 7.03. The number of hydrogen-bond donors (Lipinski definition) is 0. The summed E-state index contributed by atoms with van der Waals surface area (Å²) in [6.07, 6.45) is -1.07. The fourth-order valence-corrected chi connectivity index (χ4v) is 5.42. The predicted octanol–water partition coefficient (Wildman–Crippen LogP) is 6.59. The van der Waals surface area contributed by atoms with Gasteiger partial charge in [-0.05, 0) is 47.2 Å². The Hall–Kier alpha value is -2.04. The summed E-state index contributed by atoms with van der Waals surface area (Å²) in [4.78, 5) is 16.6. The zero-order valence-electron chi connectivity index (χ0n) is 16.1. The van der Waals surface area contributed by atoms with Crippen LogP contribution in [0.2, 0.25) is 0 Å². The van der Waals surface area contributed by atoms with Crippen LogP contribution in [0.15, 0.2) is 57.0 Å². The Kier molecular flexibility index (Phi) is 6.32. The van der Waals surface area contributed by atoms with E-state index in [-0.39, 0.29) is 18.0 Å². The number of rotatable bonds is 4. The van der Waals surface area contributed by atoms with Gasteiger partial charge in [-0.15, -0.1) is 0 Å². The van der Waals surface area contributed by atoms with Gasteiger partial charge in [0.15, 0.2) is 0 Å². The lowest BCUT2D eigenvalue weighted by atomic mass is 10.1. The van der Waals surface area contributed by atoms with Crippen LogP contribution in [-0.2, 0) is 17.5 Å². The van der Waals surface area contributed by atoms with Crippen LogP contribution >= 0.6 is 39.5 Å².